The third-order valence-corrected chi connectivity index (χ3v) is 4.84. The average molecular weight is 289 g/mol. The third-order valence-electron chi connectivity index (χ3n) is 3.82. The maximum Gasteiger partial charge on any atom is 0.224 e. The van der Waals surface area contributed by atoms with E-state index in [0.29, 0.717) is 6.54 Å². The van der Waals surface area contributed by atoms with Crippen molar-refractivity contribution < 1.29 is 9.18 Å². The van der Waals surface area contributed by atoms with Crippen LogP contribution < -0.4 is 5.32 Å². The van der Waals surface area contributed by atoms with E-state index in [1.807, 2.05) is 5.38 Å². The van der Waals surface area contributed by atoms with Gasteiger partial charge in [-0.15, -0.1) is 11.3 Å². The van der Waals surface area contributed by atoms with Crippen molar-refractivity contribution in [2.75, 3.05) is 0 Å². The normalized spacial score (nSPS) is 20.7. The maximum atomic E-state index is 12.9. The second-order valence-corrected chi connectivity index (χ2v) is 6.25. The van der Waals surface area contributed by atoms with Crippen LogP contribution in [0.3, 0.4) is 0 Å². The van der Waals surface area contributed by atoms with E-state index < -0.39 is 0 Å². The van der Waals surface area contributed by atoms with E-state index in [9.17, 15) is 9.18 Å². The molecule has 3 rings (SSSR count). The molecule has 1 heterocycles. The lowest BCUT2D eigenvalue weighted by Crippen LogP contribution is -2.24. The minimum atomic E-state index is -0.233. The Hall–Kier alpha value is -1.68. The van der Waals surface area contributed by atoms with Crippen LogP contribution in [0.2, 0.25) is 0 Å². The Labute approximate surface area is 121 Å². The highest BCUT2D eigenvalue weighted by Crippen LogP contribution is 2.47. The number of nitrogens with one attached hydrogen (secondary N) is 1. The second kappa shape index (κ2) is 5.37. The van der Waals surface area contributed by atoms with E-state index in [0.717, 1.165) is 12.0 Å². The summed E-state index contributed by atoms with van der Waals surface area (Å²) in [6.45, 7) is 2.66. The molecule has 2 atom stereocenters. The first-order chi connectivity index (χ1) is 9.65. The zero-order chi connectivity index (χ0) is 14.1. The topological polar surface area (TPSA) is 29.1 Å². The fraction of sp³-hybridized carbons (Fsp3) is 0.312. The van der Waals surface area contributed by atoms with Crippen molar-refractivity contribution >= 4 is 17.2 Å². The van der Waals surface area contributed by atoms with Gasteiger partial charge < -0.3 is 5.32 Å². The standard InChI is InChI=1S/C16H16FNOS/c1-10-6-7-20-15(10)9-18-16(19)14-8-13(14)11-2-4-12(17)5-3-11/h2-7,13-14H,8-9H2,1H3,(H,18,19). The molecule has 4 heteroatoms. The Morgan fingerprint density at radius 2 is 2.10 bits per heavy atom. The predicted molar refractivity (Wildman–Crippen MR) is 78.2 cm³/mol. The van der Waals surface area contributed by atoms with Gasteiger partial charge in [0.2, 0.25) is 5.91 Å². The molecule has 1 aliphatic carbocycles. The van der Waals surface area contributed by atoms with Gasteiger partial charge in [0.1, 0.15) is 5.82 Å². The van der Waals surface area contributed by atoms with Crippen molar-refractivity contribution in [2.24, 2.45) is 5.92 Å². The number of amides is 1. The van der Waals surface area contributed by atoms with Crippen LogP contribution in [0, 0.1) is 18.7 Å². The quantitative estimate of drug-likeness (QED) is 0.915. The SMILES string of the molecule is Cc1ccsc1CNC(=O)C1CC1c1ccc(F)cc1. The summed E-state index contributed by atoms with van der Waals surface area (Å²) in [4.78, 5) is 13.3. The largest absolute Gasteiger partial charge is 0.351 e. The highest BCUT2D eigenvalue weighted by molar-refractivity contribution is 7.10. The molecule has 20 heavy (non-hydrogen) atoms. The fourth-order valence-corrected chi connectivity index (χ4v) is 3.29. The second-order valence-electron chi connectivity index (χ2n) is 5.24. The van der Waals surface area contributed by atoms with Crippen LogP contribution >= 0.6 is 11.3 Å². The smallest absolute Gasteiger partial charge is 0.224 e. The van der Waals surface area contributed by atoms with Gasteiger partial charge >= 0.3 is 0 Å². The Morgan fingerprint density at radius 1 is 1.35 bits per heavy atom. The van der Waals surface area contributed by atoms with Gasteiger partial charge in [-0.3, -0.25) is 4.79 Å². The van der Waals surface area contributed by atoms with Gasteiger partial charge in [0.15, 0.2) is 0 Å². The molecule has 0 spiro atoms. The van der Waals surface area contributed by atoms with Gasteiger partial charge in [-0.05, 0) is 54.0 Å². The van der Waals surface area contributed by atoms with E-state index in [4.69, 9.17) is 0 Å². The lowest BCUT2D eigenvalue weighted by Gasteiger charge is -2.04. The van der Waals surface area contributed by atoms with Crippen LogP contribution in [0.25, 0.3) is 0 Å². The fourth-order valence-electron chi connectivity index (χ4n) is 2.45. The third kappa shape index (κ3) is 2.75. The van der Waals surface area contributed by atoms with Gasteiger partial charge in [-0.1, -0.05) is 12.1 Å². The molecule has 1 N–H and O–H groups in total. The molecule has 1 aromatic heterocycles. The summed E-state index contributed by atoms with van der Waals surface area (Å²) in [5, 5.41) is 5.03. The molecule has 0 aliphatic heterocycles. The number of rotatable bonds is 4. The first-order valence-corrected chi connectivity index (χ1v) is 7.59. The van der Waals surface area contributed by atoms with Gasteiger partial charge in [-0.25, -0.2) is 4.39 Å². The van der Waals surface area contributed by atoms with Crippen molar-refractivity contribution in [2.45, 2.75) is 25.8 Å². The van der Waals surface area contributed by atoms with E-state index in [1.165, 1.54) is 22.6 Å². The molecule has 1 amide bonds. The Bertz CT molecular complexity index is 620. The minimum absolute atomic E-state index is 0.0423. The molecular formula is C16H16FNOS. The zero-order valence-electron chi connectivity index (χ0n) is 11.2. The molecule has 1 saturated carbocycles. The van der Waals surface area contributed by atoms with Crippen LogP contribution in [-0.4, -0.2) is 5.91 Å². The number of aryl methyl sites for hydroxylation is 1. The molecule has 1 aromatic carbocycles. The number of hydrogen-bond acceptors (Lipinski definition) is 2. The van der Waals surface area contributed by atoms with Crippen LogP contribution in [-0.2, 0) is 11.3 Å². The van der Waals surface area contributed by atoms with Crippen LogP contribution in [0.5, 0.6) is 0 Å². The van der Waals surface area contributed by atoms with Crippen LogP contribution in [0.15, 0.2) is 35.7 Å². The van der Waals surface area contributed by atoms with Gasteiger partial charge in [0, 0.05) is 10.8 Å². The zero-order valence-corrected chi connectivity index (χ0v) is 12.0. The monoisotopic (exact) mass is 289 g/mol. The summed E-state index contributed by atoms with van der Waals surface area (Å²) in [5.41, 5.74) is 2.28. The minimum Gasteiger partial charge on any atom is -0.351 e. The Balaban J connectivity index is 1.55. The number of benzene rings is 1. The summed E-state index contributed by atoms with van der Waals surface area (Å²) in [6, 6.07) is 8.52. The molecule has 0 bridgehead atoms. The maximum absolute atomic E-state index is 12.9. The van der Waals surface area contributed by atoms with Crippen molar-refractivity contribution in [1.82, 2.24) is 5.32 Å². The van der Waals surface area contributed by atoms with E-state index >= 15 is 0 Å². The van der Waals surface area contributed by atoms with Crippen LogP contribution in [0.1, 0.15) is 28.3 Å². The lowest BCUT2D eigenvalue weighted by molar-refractivity contribution is -0.122. The Morgan fingerprint density at radius 3 is 2.75 bits per heavy atom. The molecule has 104 valence electrons. The summed E-state index contributed by atoms with van der Waals surface area (Å²) in [5.74, 6) is 0.163. The number of carbonyl (C=O) groups is 1. The van der Waals surface area contributed by atoms with E-state index in [2.05, 4.69) is 18.3 Å². The van der Waals surface area contributed by atoms with Crippen LogP contribution in [0.4, 0.5) is 4.39 Å². The van der Waals surface area contributed by atoms with Crippen molar-refractivity contribution in [3.05, 3.63) is 57.5 Å². The average Bonchev–Trinajstić information content (AvgIpc) is 3.14. The van der Waals surface area contributed by atoms with Crippen molar-refractivity contribution in [3.63, 3.8) is 0 Å². The van der Waals surface area contributed by atoms with Crippen molar-refractivity contribution in [3.8, 4) is 0 Å². The Kier molecular flexibility index (Phi) is 3.57. The first-order valence-electron chi connectivity index (χ1n) is 6.71. The molecule has 1 aliphatic rings. The first kappa shape index (κ1) is 13.3. The number of hydrogen-bond donors (Lipinski definition) is 1. The molecule has 1 fully saturated rings. The lowest BCUT2D eigenvalue weighted by atomic mass is 10.1. The van der Waals surface area contributed by atoms with Gasteiger partial charge in [0.05, 0.1) is 6.54 Å². The molecular weight excluding hydrogens is 273 g/mol. The molecule has 2 aromatic rings. The molecule has 0 saturated heterocycles. The number of thiophene rings is 1. The van der Waals surface area contributed by atoms with Crippen molar-refractivity contribution in [1.29, 1.82) is 0 Å². The number of halogens is 1. The summed E-state index contributed by atoms with van der Waals surface area (Å²) >= 11 is 1.67. The molecule has 0 radical (unpaired) electrons. The van der Waals surface area contributed by atoms with Gasteiger partial charge in [0.25, 0.3) is 0 Å². The van der Waals surface area contributed by atoms with Gasteiger partial charge in [-0.2, -0.15) is 0 Å². The van der Waals surface area contributed by atoms with E-state index in [1.54, 1.807) is 23.5 Å². The molecule has 2 unspecified atom stereocenters. The molecule has 2 nitrogen and oxygen atoms in total. The number of carbonyl (C=O) groups excluding carboxylic acids is 1. The summed E-state index contributed by atoms with van der Waals surface area (Å²) < 4.78 is 12.9. The summed E-state index contributed by atoms with van der Waals surface area (Å²) in [7, 11) is 0. The highest BCUT2D eigenvalue weighted by atomic mass is 32.1. The van der Waals surface area contributed by atoms with E-state index in [-0.39, 0.29) is 23.6 Å². The predicted octanol–water partition coefficient (Wildman–Crippen LogP) is 3.62. The highest BCUT2D eigenvalue weighted by Gasteiger charge is 2.43. The summed E-state index contributed by atoms with van der Waals surface area (Å²) in [6.07, 6.45) is 0.862.